The first kappa shape index (κ1) is 14.7. The predicted octanol–water partition coefficient (Wildman–Crippen LogP) is 4.76. The molecule has 24 heavy (non-hydrogen) atoms. The standard InChI is InChI=1S/C18H13BrN4O/c19-16-14(15-17(20)21-10-22-18(15)23-16)11-6-8-13(9-7-11)24-12-4-2-1-3-5-12/h1-10H,(H3,20,21,22,23). The molecule has 0 saturated carbocycles. The molecule has 0 bridgehead atoms. The number of fused-ring (bicyclic) bond motifs is 1. The molecule has 0 fully saturated rings. The van der Waals surface area contributed by atoms with E-state index in [1.54, 1.807) is 0 Å². The molecule has 3 N–H and O–H groups in total. The summed E-state index contributed by atoms with van der Waals surface area (Å²) in [4.78, 5) is 11.5. The second-order valence-electron chi connectivity index (χ2n) is 5.24. The largest absolute Gasteiger partial charge is 0.457 e. The first-order valence-corrected chi connectivity index (χ1v) is 8.12. The van der Waals surface area contributed by atoms with Gasteiger partial charge in [0.25, 0.3) is 0 Å². The van der Waals surface area contributed by atoms with E-state index in [1.807, 2.05) is 54.6 Å². The van der Waals surface area contributed by atoms with Gasteiger partial charge in [-0.1, -0.05) is 30.3 Å². The summed E-state index contributed by atoms with van der Waals surface area (Å²) in [5, 5.41) is 0.807. The van der Waals surface area contributed by atoms with Crippen molar-refractivity contribution in [3.63, 3.8) is 0 Å². The quantitative estimate of drug-likeness (QED) is 0.536. The second kappa shape index (κ2) is 5.98. The van der Waals surface area contributed by atoms with Crippen LogP contribution in [0.2, 0.25) is 0 Å². The summed E-state index contributed by atoms with van der Waals surface area (Å²) in [6, 6.07) is 17.5. The number of hydrogen-bond acceptors (Lipinski definition) is 4. The number of nitrogen functional groups attached to an aromatic ring is 1. The SMILES string of the molecule is Nc1ncnc2[nH]c(Br)c(-c3ccc(Oc4ccccc4)cc3)c12. The molecule has 0 saturated heterocycles. The minimum absolute atomic E-state index is 0.446. The van der Waals surface area contributed by atoms with Crippen molar-refractivity contribution in [2.75, 3.05) is 5.73 Å². The molecule has 0 atom stereocenters. The predicted molar refractivity (Wildman–Crippen MR) is 98.0 cm³/mol. The van der Waals surface area contributed by atoms with Crippen molar-refractivity contribution in [2.24, 2.45) is 0 Å². The Hall–Kier alpha value is -2.86. The Labute approximate surface area is 146 Å². The van der Waals surface area contributed by atoms with Gasteiger partial charge in [-0.25, -0.2) is 9.97 Å². The molecule has 6 heteroatoms. The maximum Gasteiger partial charge on any atom is 0.144 e. The van der Waals surface area contributed by atoms with Gasteiger partial charge in [-0.15, -0.1) is 0 Å². The lowest BCUT2D eigenvalue weighted by atomic mass is 10.1. The lowest BCUT2D eigenvalue weighted by molar-refractivity contribution is 0.483. The van der Waals surface area contributed by atoms with Crippen LogP contribution in [0, 0.1) is 0 Å². The number of benzene rings is 2. The number of anilines is 1. The number of nitrogens with two attached hydrogens (primary N) is 1. The molecule has 2 aromatic heterocycles. The average molecular weight is 381 g/mol. The van der Waals surface area contributed by atoms with Gasteiger partial charge in [-0.3, -0.25) is 0 Å². The van der Waals surface area contributed by atoms with Gasteiger partial charge in [-0.05, 0) is 45.8 Å². The van der Waals surface area contributed by atoms with Gasteiger partial charge in [0.05, 0.1) is 9.99 Å². The number of nitrogens with zero attached hydrogens (tertiary/aromatic N) is 2. The van der Waals surface area contributed by atoms with Crippen molar-refractivity contribution in [3.8, 4) is 22.6 Å². The molecule has 118 valence electrons. The van der Waals surface area contributed by atoms with Gasteiger partial charge >= 0.3 is 0 Å². The lowest BCUT2D eigenvalue weighted by Crippen LogP contribution is -1.92. The molecular weight excluding hydrogens is 368 g/mol. The smallest absolute Gasteiger partial charge is 0.144 e. The van der Waals surface area contributed by atoms with E-state index in [4.69, 9.17) is 10.5 Å². The molecule has 5 nitrogen and oxygen atoms in total. The average Bonchev–Trinajstić information content (AvgIpc) is 2.94. The Balaban J connectivity index is 1.72. The molecule has 2 heterocycles. The van der Waals surface area contributed by atoms with Crippen LogP contribution in [-0.4, -0.2) is 15.0 Å². The topological polar surface area (TPSA) is 76.8 Å². The third-order valence-electron chi connectivity index (χ3n) is 3.70. The maximum absolute atomic E-state index is 6.02. The first-order chi connectivity index (χ1) is 11.7. The number of halogens is 1. The minimum Gasteiger partial charge on any atom is -0.457 e. The van der Waals surface area contributed by atoms with Gasteiger partial charge in [0.2, 0.25) is 0 Å². The third-order valence-corrected chi connectivity index (χ3v) is 4.29. The van der Waals surface area contributed by atoms with Crippen LogP contribution < -0.4 is 10.5 Å². The maximum atomic E-state index is 6.02. The number of nitrogens with one attached hydrogen (secondary N) is 1. The highest BCUT2D eigenvalue weighted by atomic mass is 79.9. The highest BCUT2D eigenvalue weighted by molar-refractivity contribution is 9.10. The molecular formula is C18H13BrN4O. The Kier molecular flexibility index (Phi) is 3.66. The Morgan fingerprint density at radius 2 is 1.62 bits per heavy atom. The van der Waals surface area contributed by atoms with E-state index in [2.05, 4.69) is 30.9 Å². The van der Waals surface area contributed by atoms with Gasteiger partial charge in [0.1, 0.15) is 29.3 Å². The summed E-state index contributed by atoms with van der Waals surface area (Å²) in [7, 11) is 0. The van der Waals surface area contributed by atoms with Crippen LogP contribution >= 0.6 is 15.9 Å². The summed E-state index contributed by atoms with van der Waals surface area (Å²) >= 11 is 3.54. The highest BCUT2D eigenvalue weighted by Crippen LogP contribution is 2.37. The fraction of sp³-hybridized carbons (Fsp3) is 0. The second-order valence-corrected chi connectivity index (χ2v) is 6.03. The van der Waals surface area contributed by atoms with Crippen molar-refractivity contribution in [2.45, 2.75) is 0 Å². The number of ether oxygens (including phenoxy) is 1. The Bertz CT molecular complexity index is 997. The third kappa shape index (κ3) is 2.61. The number of hydrogen-bond donors (Lipinski definition) is 2. The van der Waals surface area contributed by atoms with Crippen molar-refractivity contribution in [3.05, 3.63) is 65.5 Å². The van der Waals surface area contributed by atoms with Crippen LogP contribution in [0.3, 0.4) is 0 Å². The highest BCUT2D eigenvalue weighted by Gasteiger charge is 2.15. The minimum atomic E-state index is 0.446. The van der Waals surface area contributed by atoms with E-state index in [-0.39, 0.29) is 0 Å². The molecule has 2 aromatic carbocycles. The van der Waals surface area contributed by atoms with Crippen molar-refractivity contribution >= 4 is 32.8 Å². The van der Waals surface area contributed by atoms with Gasteiger partial charge in [0, 0.05) is 5.56 Å². The molecule has 0 radical (unpaired) electrons. The van der Waals surface area contributed by atoms with E-state index in [1.165, 1.54) is 6.33 Å². The van der Waals surface area contributed by atoms with Crippen molar-refractivity contribution in [1.82, 2.24) is 15.0 Å². The van der Waals surface area contributed by atoms with E-state index >= 15 is 0 Å². The summed E-state index contributed by atoms with van der Waals surface area (Å²) in [6.45, 7) is 0. The van der Waals surface area contributed by atoms with Gasteiger partial charge in [-0.2, -0.15) is 0 Å². The molecule has 0 unspecified atom stereocenters. The van der Waals surface area contributed by atoms with Crippen LogP contribution in [0.5, 0.6) is 11.5 Å². The number of para-hydroxylation sites is 1. The molecule has 0 aliphatic rings. The zero-order valence-corrected chi connectivity index (χ0v) is 14.1. The zero-order chi connectivity index (χ0) is 16.5. The summed E-state index contributed by atoms with van der Waals surface area (Å²) in [6.07, 6.45) is 1.45. The first-order valence-electron chi connectivity index (χ1n) is 7.33. The molecule has 4 rings (SSSR count). The van der Waals surface area contributed by atoms with Crippen molar-refractivity contribution in [1.29, 1.82) is 0 Å². The fourth-order valence-electron chi connectivity index (χ4n) is 2.60. The van der Waals surface area contributed by atoms with Crippen LogP contribution in [-0.2, 0) is 0 Å². The molecule has 0 amide bonds. The van der Waals surface area contributed by atoms with Gasteiger partial charge < -0.3 is 15.5 Å². The Morgan fingerprint density at radius 1 is 0.917 bits per heavy atom. The lowest BCUT2D eigenvalue weighted by Gasteiger charge is -2.07. The number of rotatable bonds is 3. The van der Waals surface area contributed by atoms with E-state index in [9.17, 15) is 0 Å². The summed E-state index contributed by atoms with van der Waals surface area (Å²) < 4.78 is 6.64. The summed E-state index contributed by atoms with van der Waals surface area (Å²) in [5.41, 5.74) is 8.66. The normalized spacial score (nSPS) is 10.9. The number of aromatic nitrogens is 3. The Morgan fingerprint density at radius 3 is 2.38 bits per heavy atom. The number of aromatic amines is 1. The van der Waals surface area contributed by atoms with Crippen molar-refractivity contribution < 1.29 is 4.74 Å². The summed E-state index contributed by atoms with van der Waals surface area (Å²) in [5.74, 6) is 2.02. The van der Waals surface area contributed by atoms with Crippen LogP contribution in [0.4, 0.5) is 5.82 Å². The van der Waals surface area contributed by atoms with E-state index in [0.717, 1.165) is 32.6 Å². The molecule has 0 aliphatic heterocycles. The van der Waals surface area contributed by atoms with Crippen LogP contribution in [0.15, 0.2) is 65.5 Å². The fourth-order valence-corrected chi connectivity index (χ4v) is 3.22. The van der Waals surface area contributed by atoms with E-state index < -0.39 is 0 Å². The monoisotopic (exact) mass is 380 g/mol. The van der Waals surface area contributed by atoms with Crippen LogP contribution in [0.25, 0.3) is 22.2 Å². The van der Waals surface area contributed by atoms with Crippen LogP contribution in [0.1, 0.15) is 0 Å². The molecule has 0 aliphatic carbocycles. The molecule has 0 spiro atoms. The van der Waals surface area contributed by atoms with E-state index in [0.29, 0.717) is 11.5 Å². The van der Waals surface area contributed by atoms with Gasteiger partial charge in [0.15, 0.2) is 0 Å². The zero-order valence-electron chi connectivity index (χ0n) is 12.5. The number of H-pyrrole nitrogens is 1. The molecule has 4 aromatic rings.